The van der Waals surface area contributed by atoms with E-state index in [0.717, 1.165) is 22.4 Å². The van der Waals surface area contributed by atoms with Crippen LogP contribution in [0, 0.1) is 0 Å². The van der Waals surface area contributed by atoms with Gasteiger partial charge < -0.3 is 4.98 Å². The molecule has 0 aliphatic carbocycles. The van der Waals surface area contributed by atoms with Crippen molar-refractivity contribution in [1.29, 1.82) is 0 Å². The van der Waals surface area contributed by atoms with Crippen LogP contribution >= 0.6 is 23.5 Å². The molecule has 0 atom stereocenters. The minimum absolute atomic E-state index is 0.0651. The second kappa shape index (κ2) is 9.46. The smallest absolute Gasteiger partial charge is 0.196 e. The first-order valence-corrected chi connectivity index (χ1v) is 12.2. The molecule has 3 aromatic carbocycles. The Bertz CT molecular complexity index is 1350. The summed E-state index contributed by atoms with van der Waals surface area (Å²) in [6, 6.07) is 28.1. The van der Waals surface area contributed by atoms with E-state index in [1.165, 1.54) is 16.7 Å². The highest BCUT2D eigenvalue weighted by molar-refractivity contribution is 7.99. The van der Waals surface area contributed by atoms with Crippen molar-refractivity contribution in [3.63, 3.8) is 0 Å². The second-order valence-electron chi connectivity index (χ2n) is 7.13. The van der Waals surface area contributed by atoms with Crippen LogP contribution in [0.4, 0.5) is 0 Å². The van der Waals surface area contributed by atoms with E-state index in [1.54, 1.807) is 18.0 Å². The quantitative estimate of drug-likeness (QED) is 0.229. The van der Waals surface area contributed by atoms with Crippen molar-refractivity contribution in [2.75, 3.05) is 5.75 Å². The molecular formula is C25H20N4OS2. The molecule has 0 radical (unpaired) electrons. The number of thioether (sulfide) groups is 2. The summed E-state index contributed by atoms with van der Waals surface area (Å²) in [5.74, 6) is 1.89. The van der Waals surface area contributed by atoms with Crippen LogP contribution in [-0.4, -0.2) is 31.3 Å². The summed E-state index contributed by atoms with van der Waals surface area (Å²) in [5.41, 5.74) is 2.66. The number of Topliss-reactive ketones (excluding diaryl/α,β-unsaturated/α-hetero) is 1. The minimum atomic E-state index is 0.0651. The first kappa shape index (κ1) is 20.6. The van der Waals surface area contributed by atoms with Crippen molar-refractivity contribution >= 4 is 40.2 Å². The largest absolute Gasteiger partial charge is 0.360 e. The minimum Gasteiger partial charge on any atom is -0.360 e. The van der Waals surface area contributed by atoms with Gasteiger partial charge in [0.2, 0.25) is 0 Å². The molecule has 32 heavy (non-hydrogen) atoms. The van der Waals surface area contributed by atoms with Gasteiger partial charge >= 0.3 is 0 Å². The van der Waals surface area contributed by atoms with Crippen molar-refractivity contribution < 1.29 is 4.79 Å². The fourth-order valence-corrected chi connectivity index (χ4v) is 5.18. The summed E-state index contributed by atoms with van der Waals surface area (Å²) in [6.07, 6.45) is 1.79. The highest BCUT2D eigenvalue weighted by atomic mass is 32.2. The van der Waals surface area contributed by atoms with Gasteiger partial charge in [0.05, 0.1) is 11.5 Å². The number of H-pyrrole nitrogens is 1. The average molecular weight is 457 g/mol. The highest BCUT2D eigenvalue weighted by Gasteiger charge is 2.18. The lowest BCUT2D eigenvalue weighted by Gasteiger charge is -2.10. The van der Waals surface area contributed by atoms with Crippen LogP contribution in [0.2, 0.25) is 0 Å². The zero-order chi connectivity index (χ0) is 21.8. The van der Waals surface area contributed by atoms with Gasteiger partial charge in [-0.3, -0.25) is 9.36 Å². The average Bonchev–Trinajstić information content (AvgIpc) is 3.47. The lowest BCUT2D eigenvalue weighted by Crippen LogP contribution is -2.05. The van der Waals surface area contributed by atoms with Gasteiger partial charge in [-0.05, 0) is 30.3 Å². The number of carbonyl (C=O) groups excluding carboxylic acids is 1. The van der Waals surface area contributed by atoms with E-state index < -0.39 is 0 Å². The number of nitrogens with one attached hydrogen (secondary N) is 1. The molecule has 5 aromatic rings. The van der Waals surface area contributed by atoms with Crippen LogP contribution in [0.3, 0.4) is 0 Å². The lowest BCUT2D eigenvalue weighted by atomic mass is 10.1. The van der Waals surface area contributed by atoms with Gasteiger partial charge in [-0.25, -0.2) is 0 Å². The van der Waals surface area contributed by atoms with Crippen LogP contribution in [0.5, 0.6) is 0 Å². The number of fused-ring (bicyclic) bond motifs is 1. The van der Waals surface area contributed by atoms with Gasteiger partial charge in [-0.1, -0.05) is 66.4 Å². The molecule has 0 fully saturated rings. The Morgan fingerprint density at radius 1 is 0.844 bits per heavy atom. The second-order valence-corrected chi connectivity index (χ2v) is 9.12. The van der Waals surface area contributed by atoms with Gasteiger partial charge in [0.25, 0.3) is 0 Å². The molecule has 5 nitrogen and oxygen atoms in total. The molecule has 2 heterocycles. The van der Waals surface area contributed by atoms with E-state index in [4.69, 9.17) is 0 Å². The fraction of sp³-hybridized carbons (Fsp3) is 0.0800. The number of aromatic nitrogens is 4. The number of rotatable bonds is 8. The van der Waals surface area contributed by atoms with Gasteiger partial charge in [-0.2, -0.15) is 0 Å². The summed E-state index contributed by atoms with van der Waals surface area (Å²) in [6.45, 7) is 0. The maximum atomic E-state index is 13.0. The zero-order valence-corrected chi connectivity index (χ0v) is 18.8. The third-order valence-corrected chi connectivity index (χ3v) is 6.98. The maximum Gasteiger partial charge on any atom is 0.196 e. The summed E-state index contributed by atoms with van der Waals surface area (Å²) in [7, 11) is 0. The molecule has 0 saturated carbocycles. The van der Waals surface area contributed by atoms with Gasteiger partial charge in [-0.15, -0.1) is 22.0 Å². The van der Waals surface area contributed by atoms with Crippen molar-refractivity contribution in [2.45, 2.75) is 15.8 Å². The first-order valence-electron chi connectivity index (χ1n) is 10.2. The van der Waals surface area contributed by atoms with Gasteiger partial charge in [0, 0.05) is 33.2 Å². The molecule has 0 aliphatic rings. The highest BCUT2D eigenvalue weighted by Crippen LogP contribution is 2.28. The molecule has 0 unspecified atom stereocenters. The van der Waals surface area contributed by atoms with Crippen molar-refractivity contribution in [3.8, 4) is 5.69 Å². The van der Waals surface area contributed by atoms with E-state index in [2.05, 4.69) is 27.3 Å². The summed E-state index contributed by atoms with van der Waals surface area (Å²) >= 11 is 3.13. The molecule has 1 N–H and O–H groups in total. The topological polar surface area (TPSA) is 63.6 Å². The first-order chi connectivity index (χ1) is 15.8. The van der Waals surface area contributed by atoms with E-state index in [-0.39, 0.29) is 5.78 Å². The Balaban J connectivity index is 1.38. The predicted molar refractivity (Wildman–Crippen MR) is 131 cm³/mol. The Morgan fingerprint density at radius 2 is 1.56 bits per heavy atom. The SMILES string of the molecule is O=C(CSc1nnc(CSc2ccccc2)n1-c1ccccc1)c1c[nH]c2ccccc12. The number of benzene rings is 3. The molecular weight excluding hydrogens is 436 g/mol. The molecule has 158 valence electrons. The van der Waals surface area contributed by atoms with E-state index in [9.17, 15) is 4.79 Å². The van der Waals surface area contributed by atoms with Crippen LogP contribution in [0.15, 0.2) is 101 Å². The molecule has 0 saturated heterocycles. The number of carbonyl (C=O) groups is 1. The number of hydrogen-bond donors (Lipinski definition) is 1. The van der Waals surface area contributed by atoms with Gasteiger partial charge in [0.15, 0.2) is 10.9 Å². The van der Waals surface area contributed by atoms with Crippen molar-refractivity contribution in [1.82, 2.24) is 19.7 Å². The van der Waals surface area contributed by atoms with Crippen LogP contribution in [-0.2, 0) is 5.75 Å². The molecule has 0 spiro atoms. The Kier molecular flexibility index (Phi) is 6.09. The monoisotopic (exact) mass is 456 g/mol. The standard InChI is InChI=1S/C25H20N4OS2/c30-23(21-15-26-22-14-8-7-13-20(21)22)16-32-25-28-27-24(17-31-19-11-5-2-6-12-19)29(25)18-9-3-1-4-10-18/h1-15,26H,16-17H2. The van der Waals surface area contributed by atoms with E-state index in [1.807, 2.05) is 77.4 Å². The summed E-state index contributed by atoms with van der Waals surface area (Å²) < 4.78 is 2.04. The molecule has 5 rings (SSSR count). The van der Waals surface area contributed by atoms with Crippen molar-refractivity contribution in [3.05, 3.63) is 103 Å². The van der Waals surface area contributed by atoms with Gasteiger partial charge in [0.1, 0.15) is 5.82 Å². The lowest BCUT2D eigenvalue weighted by molar-refractivity contribution is 0.102. The van der Waals surface area contributed by atoms with Crippen LogP contribution in [0.1, 0.15) is 16.2 Å². The molecule has 0 bridgehead atoms. The van der Waals surface area contributed by atoms with Crippen LogP contribution in [0.25, 0.3) is 16.6 Å². The van der Waals surface area contributed by atoms with Crippen molar-refractivity contribution in [2.24, 2.45) is 0 Å². The zero-order valence-electron chi connectivity index (χ0n) is 17.1. The molecule has 2 aromatic heterocycles. The summed E-state index contributed by atoms with van der Waals surface area (Å²) in [4.78, 5) is 17.3. The third-order valence-electron chi connectivity index (χ3n) is 5.05. The normalized spacial score (nSPS) is 11.1. The van der Waals surface area contributed by atoms with E-state index in [0.29, 0.717) is 22.2 Å². The fourth-order valence-electron chi connectivity index (χ4n) is 3.50. The maximum absolute atomic E-state index is 13.0. The number of ketones is 1. The number of nitrogens with zero attached hydrogens (tertiary/aromatic N) is 3. The summed E-state index contributed by atoms with van der Waals surface area (Å²) in [5, 5.41) is 10.5. The number of aromatic amines is 1. The number of para-hydroxylation sites is 2. The molecule has 0 aliphatic heterocycles. The Hall–Kier alpha value is -3.29. The predicted octanol–water partition coefficient (Wildman–Crippen LogP) is 6.02. The third kappa shape index (κ3) is 4.35. The Labute approximate surface area is 194 Å². The molecule has 7 heteroatoms. The number of hydrogen-bond acceptors (Lipinski definition) is 5. The molecule has 0 amide bonds. The Morgan fingerprint density at radius 3 is 2.38 bits per heavy atom. The van der Waals surface area contributed by atoms with Crippen LogP contribution < -0.4 is 0 Å². The van der Waals surface area contributed by atoms with E-state index >= 15 is 0 Å².